The maximum Gasteiger partial charge on any atom is 0.251 e. The fourth-order valence-corrected chi connectivity index (χ4v) is 3.28. The Balaban J connectivity index is 1.56. The SMILES string of the molecule is CC(C)Oc1ccc(C(=O)NCC2CCCN2c2ccccc2)cc1. The van der Waals surface area contributed by atoms with Crippen molar-refractivity contribution in [2.45, 2.75) is 38.8 Å². The van der Waals surface area contributed by atoms with E-state index in [1.54, 1.807) is 0 Å². The third kappa shape index (κ3) is 4.53. The summed E-state index contributed by atoms with van der Waals surface area (Å²) in [5.74, 6) is 0.758. The molecule has 0 saturated carbocycles. The molecule has 1 N–H and O–H groups in total. The number of anilines is 1. The topological polar surface area (TPSA) is 41.6 Å². The van der Waals surface area contributed by atoms with Crippen molar-refractivity contribution in [3.8, 4) is 5.75 Å². The molecule has 0 aromatic heterocycles. The van der Waals surface area contributed by atoms with E-state index in [1.165, 1.54) is 5.69 Å². The molecule has 1 aliphatic heterocycles. The number of hydrogen-bond donors (Lipinski definition) is 1. The van der Waals surface area contributed by atoms with E-state index in [-0.39, 0.29) is 12.0 Å². The fraction of sp³-hybridized carbons (Fsp3) is 0.381. The summed E-state index contributed by atoms with van der Waals surface area (Å²) < 4.78 is 5.61. The normalized spacial score (nSPS) is 16.9. The quantitative estimate of drug-likeness (QED) is 0.869. The third-order valence-corrected chi connectivity index (χ3v) is 4.45. The van der Waals surface area contributed by atoms with Crippen LogP contribution in [0.25, 0.3) is 0 Å². The van der Waals surface area contributed by atoms with Gasteiger partial charge < -0.3 is 15.0 Å². The highest BCUT2D eigenvalue weighted by atomic mass is 16.5. The molecule has 1 heterocycles. The van der Waals surface area contributed by atoms with Crippen LogP contribution in [0.4, 0.5) is 5.69 Å². The van der Waals surface area contributed by atoms with Crippen molar-refractivity contribution in [3.05, 3.63) is 60.2 Å². The van der Waals surface area contributed by atoms with Gasteiger partial charge in [0.05, 0.1) is 6.10 Å². The zero-order chi connectivity index (χ0) is 17.6. The van der Waals surface area contributed by atoms with Gasteiger partial charge in [0.2, 0.25) is 0 Å². The molecule has 132 valence electrons. The summed E-state index contributed by atoms with van der Waals surface area (Å²) in [5.41, 5.74) is 1.90. The molecule has 0 radical (unpaired) electrons. The largest absolute Gasteiger partial charge is 0.491 e. The van der Waals surface area contributed by atoms with Gasteiger partial charge in [-0.2, -0.15) is 0 Å². The minimum atomic E-state index is -0.0315. The highest BCUT2D eigenvalue weighted by Crippen LogP contribution is 2.24. The monoisotopic (exact) mass is 338 g/mol. The minimum absolute atomic E-state index is 0.0315. The van der Waals surface area contributed by atoms with Crippen LogP contribution in [-0.2, 0) is 0 Å². The van der Waals surface area contributed by atoms with Crippen molar-refractivity contribution in [1.29, 1.82) is 0 Å². The Hall–Kier alpha value is -2.49. The van der Waals surface area contributed by atoms with Crippen molar-refractivity contribution in [2.75, 3.05) is 18.0 Å². The predicted octanol–water partition coefficient (Wildman–Crippen LogP) is 3.87. The van der Waals surface area contributed by atoms with Crippen LogP contribution in [0.15, 0.2) is 54.6 Å². The molecule has 1 unspecified atom stereocenters. The van der Waals surface area contributed by atoms with Crippen LogP contribution in [0.1, 0.15) is 37.0 Å². The standard InChI is InChI=1S/C21H26N2O2/c1-16(2)25-20-12-10-17(11-13-20)21(24)22-15-19-9-6-14-23(19)18-7-4-3-5-8-18/h3-5,7-8,10-13,16,19H,6,9,14-15H2,1-2H3,(H,22,24). The highest BCUT2D eigenvalue weighted by Gasteiger charge is 2.25. The number of rotatable bonds is 6. The average molecular weight is 338 g/mol. The van der Waals surface area contributed by atoms with E-state index in [0.717, 1.165) is 25.1 Å². The number of carbonyl (C=O) groups is 1. The first-order valence-corrected chi connectivity index (χ1v) is 9.00. The number of benzene rings is 2. The van der Waals surface area contributed by atoms with Gasteiger partial charge in [-0.15, -0.1) is 0 Å². The summed E-state index contributed by atoms with van der Waals surface area (Å²) in [5, 5.41) is 3.08. The number of nitrogens with zero attached hydrogens (tertiary/aromatic N) is 1. The second-order valence-electron chi connectivity index (χ2n) is 6.73. The summed E-state index contributed by atoms with van der Waals surface area (Å²) in [4.78, 5) is 14.8. The maximum atomic E-state index is 12.4. The molecule has 4 heteroatoms. The number of para-hydroxylation sites is 1. The van der Waals surface area contributed by atoms with Crippen molar-refractivity contribution >= 4 is 11.6 Å². The van der Waals surface area contributed by atoms with E-state index in [9.17, 15) is 4.79 Å². The molecule has 1 fully saturated rings. The van der Waals surface area contributed by atoms with Crippen molar-refractivity contribution < 1.29 is 9.53 Å². The Morgan fingerprint density at radius 3 is 2.56 bits per heavy atom. The van der Waals surface area contributed by atoms with Crippen molar-refractivity contribution in [3.63, 3.8) is 0 Å². The van der Waals surface area contributed by atoms with Crippen molar-refractivity contribution in [1.82, 2.24) is 5.32 Å². The number of hydrogen-bond acceptors (Lipinski definition) is 3. The lowest BCUT2D eigenvalue weighted by Gasteiger charge is -2.27. The fourth-order valence-electron chi connectivity index (χ4n) is 3.28. The Labute approximate surface area is 149 Å². The molecule has 0 bridgehead atoms. The molecule has 2 aromatic carbocycles. The summed E-state index contributed by atoms with van der Waals surface area (Å²) in [6.07, 6.45) is 2.40. The van der Waals surface area contributed by atoms with Crippen LogP contribution in [-0.4, -0.2) is 31.1 Å². The summed E-state index contributed by atoms with van der Waals surface area (Å²) >= 11 is 0. The molecule has 25 heavy (non-hydrogen) atoms. The minimum Gasteiger partial charge on any atom is -0.491 e. The number of nitrogens with one attached hydrogen (secondary N) is 1. The van der Waals surface area contributed by atoms with Crippen LogP contribution in [0.2, 0.25) is 0 Å². The predicted molar refractivity (Wildman–Crippen MR) is 101 cm³/mol. The van der Waals surface area contributed by atoms with Gasteiger partial charge in [-0.25, -0.2) is 0 Å². The van der Waals surface area contributed by atoms with Gasteiger partial charge in [-0.1, -0.05) is 18.2 Å². The maximum absolute atomic E-state index is 12.4. The Kier molecular flexibility index (Phi) is 5.59. The third-order valence-electron chi connectivity index (χ3n) is 4.45. The van der Waals surface area contributed by atoms with Gasteiger partial charge >= 0.3 is 0 Å². The van der Waals surface area contributed by atoms with E-state index in [0.29, 0.717) is 18.2 Å². The molecule has 1 saturated heterocycles. The number of carbonyl (C=O) groups excluding carboxylic acids is 1. The van der Waals surface area contributed by atoms with Crippen LogP contribution < -0.4 is 15.0 Å². The van der Waals surface area contributed by atoms with Crippen LogP contribution in [0, 0.1) is 0 Å². The molecular formula is C21H26N2O2. The first-order chi connectivity index (χ1) is 12.1. The zero-order valence-corrected chi connectivity index (χ0v) is 14.9. The Bertz CT molecular complexity index is 683. The Morgan fingerprint density at radius 1 is 1.16 bits per heavy atom. The van der Waals surface area contributed by atoms with Gasteiger partial charge in [-0.3, -0.25) is 4.79 Å². The van der Waals surface area contributed by atoms with E-state index in [2.05, 4.69) is 34.5 Å². The smallest absolute Gasteiger partial charge is 0.251 e. The van der Waals surface area contributed by atoms with Gasteiger partial charge in [-0.05, 0) is 63.1 Å². The molecule has 1 amide bonds. The van der Waals surface area contributed by atoms with Gasteiger partial charge in [0.15, 0.2) is 0 Å². The summed E-state index contributed by atoms with van der Waals surface area (Å²) in [7, 11) is 0. The first-order valence-electron chi connectivity index (χ1n) is 9.00. The number of amides is 1. The van der Waals surface area contributed by atoms with E-state index in [4.69, 9.17) is 4.74 Å². The molecule has 4 nitrogen and oxygen atoms in total. The van der Waals surface area contributed by atoms with Gasteiger partial charge in [0.25, 0.3) is 5.91 Å². The molecular weight excluding hydrogens is 312 g/mol. The molecule has 1 aliphatic rings. The molecule has 0 spiro atoms. The molecule has 1 atom stereocenters. The lowest BCUT2D eigenvalue weighted by molar-refractivity contribution is 0.0951. The first kappa shape index (κ1) is 17.3. The Morgan fingerprint density at radius 2 is 1.88 bits per heavy atom. The van der Waals surface area contributed by atoms with E-state index >= 15 is 0 Å². The van der Waals surface area contributed by atoms with Crippen LogP contribution >= 0.6 is 0 Å². The average Bonchev–Trinajstić information content (AvgIpc) is 3.09. The van der Waals surface area contributed by atoms with E-state index in [1.807, 2.05) is 44.2 Å². The van der Waals surface area contributed by atoms with Crippen LogP contribution in [0.3, 0.4) is 0 Å². The van der Waals surface area contributed by atoms with Gasteiger partial charge in [0.1, 0.15) is 5.75 Å². The lowest BCUT2D eigenvalue weighted by Crippen LogP contribution is -2.40. The molecule has 2 aromatic rings. The lowest BCUT2D eigenvalue weighted by atomic mass is 10.1. The highest BCUT2D eigenvalue weighted by molar-refractivity contribution is 5.94. The summed E-state index contributed by atoms with van der Waals surface area (Å²) in [6.45, 7) is 5.69. The second kappa shape index (κ2) is 8.06. The van der Waals surface area contributed by atoms with Gasteiger partial charge in [0, 0.05) is 30.4 Å². The number of ether oxygens (including phenoxy) is 1. The van der Waals surface area contributed by atoms with Crippen molar-refractivity contribution in [2.24, 2.45) is 0 Å². The summed E-state index contributed by atoms with van der Waals surface area (Å²) in [6, 6.07) is 18.1. The molecule has 0 aliphatic carbocycles. The zero-order valence-electron chi connectivity index (χ0n) is 14.9. The van der Waals surface area contributed by atoms with E-state index < -0.39 is 0 Å². The van der Waals surface area contributed by atoms with Crippen LogP contribution in [0.5, 0.6) is 5.75 Å². The second-order valence-corrected chi connectivity index (χ2v) is 6.73. The molecule has 3 rings (SSSR count).